The van der Waals surface area contributed by atoms with Gasteiger partial charge in [0.05, 0.1) is 28.1 Å². The first-order valence-electron chi connectivity index (χ1n) is 19.9. The predicted octanol–water partition coefficient (Wildman–Crippen LogP) is 15.6. The van der Waals surface area contributed by atoms with Gasteiger partial charge in [-0.3, -0.25) is 0 Å². The molecule has 1 aromatic heterocycles. The van der Waals surface area contributed by atoms with E-state index in [1.54, 1.807) is 0 Å². The van der Waals surface area contributed by atoms with Gasteiger partial charge < -0.3 is 9.47 Å². The highest BCUT2D eigenvalue weighted by atomic mass is 15.1. The number of hydrogen-bond acceptors (Lipinski definition) is 1. The largest absolute Gasteiger partial charge is 0.309 e. The fourth-order valence-electron chi connectivity index (χ4n) is 9.01. The molecule has 10 aromatic carbocycles. The van der Waals surface area contributed by atoms with Crippen molar-refractivity contribution in [2.45, 2.75) is 0 Å². The molecule has 0 saturated carbocycles. The van der Waals surface area contributed by atoms with Gasteiger partial charge in [0.15, 0.2) is 0 Å². The third-order valence-electron chi connectivity index (χ3n) is 11.6. The molecule has 0 aliphatic heterocycles. The van der Waals surface area contributed by atoms with E-state index < -0.39 is 0 Å². The van der Waals surface area contributed by atoms with Crippen molar-refractivity contribution in [1.82, 2.24) is 4.57 Å². The van der Waals surface area contributed by atoms with Crippen LogP contribution in [-0.2, 0) is 0 Å². The van der Waals surface area contributed by atoms with Gasteiger partial charge in [0, 0.05) is 33.0 Å². The van der Waals surface area contributed by atoms with Gasteiger partial charge in [0.2, 0.25) is 0 Å². The molecule has 0 fully saturated rings. The molecule has 0 aliphatic carbocycles. The third-order valence-corrected chi connectivity index (χ3v) is 11.6. The van der Waals surface area contributed by atoms with Crippen molar-refractivity contribution in [3.05, 3.63) is 231 Å². The molecule has 0 saturated heterocycles. The van der Waals surface area contributed by atoms with Crippen LogP contribution in [0.1, 0.15) is 0 Å². The molecule has 0 aliphatic rings. The van der Waals surface area contributed by atoms with Crippen LogP contribution < -0.4 is 4.90 Å². The summed E-state index contributed by atoms with van der Waals surface area (Å²) in [5.41, 5.74) is 14.0. The summed E-state index contributed by atoms with van der Waals surface area (Å²) in [5.74, 6) is 0. The minimum atomic E-state index is 1.09. The molecule has 0 radical (unpaired) electrons. The fourth-order valence-corrected chi connectivity index (χ4v) is 9.01. The Morgan fingerprint density at radius 1 is 0.293 bits per heavy atom. The van der Waals surface area contributed by atoms with E-state index >= 15 is 0 Å². The molecule has 0 bridgehead atoms. The summed E-state index contributed by atoms with van der Waals surface area (Å²) in [6.07, 6.45) is 0. The first-order valence-corrected chi connectivity index (χ1v) is 19.9. The molecule has 58 heavy (non-hydrogen) atoms. The first-order chi connectivity index (χ1) is 28.8. The molecule has 1 heterocycles. The monoisotopic (exact) mass is 738 g/mol. The van der Waals surface area contributed by atoms with E-state index in [2.05, 4.69) is 240 Å². The Hall–Kier alpha value is -7.68. The summed E-state index contributed by atoms with van der Waals surface area (Å²) in [4.78, 5) is 2.45. The van der Waals surface area contributed by atoms with E-state index in [9.17, 15) is 0 Å². The first kappa shape index (κ1) is 33.6. The molecule has 11 aromatic rings. The summed E-state index contributed by atoms with van der Waals surface area (Å²) < 4.78 is 2.45. The van der Waals surface area contributed by atoms with Gasteiger partial charge in [-0.1, -0.05) is 188 Å². The van der Waals surface area contributed by atoms with Crippen molar-refractivity contribution in [3.63, 3.8) is 0 Å². The molecule has 2 heteroatoms. The zero-order chi connectivity index (χ0) is 38.4. The summed E-state index contributed by atoms with van der Waals surface area (Å²) in [5, 5.41) is 7.42. The lowest BCUT2D eigenvalue weighted by Crippen LogP contribution is -2.12. The molecule has 11 rings (SSSR count). The standard InChI is InChI=1S/C56H38N2/c1-2-17-40(18-3-1)46-25-8-11-30-51(46)57(43-37-35-42(36-38-43)45-28-14-21-39-19-4-6-23-44(39)45)53-31-12-9-26-48(53)49-29-16-34-55-56(49)50-27-10-13-32-54(50)58(55)52-33-15-22-41-20-5-7-24-47(41)52/h1-38H. The maximum Gasteiger partial charge on any atom is 0.0547 e. The van der Waals surface area contributed by atoms with E-state index in [0.29, 0.717) is 0 Å². The lowest BCUT2D eigenvalue weighted by molar-refractivity contribution is 1.20. The number of anilines is 3. The number of nitrogens with zero attached hydrogens (tertiary/aromatic N) is 2. The zero-order valence-corrected chi connectivity index (χ0v) is 31.8. The Morgan fingerprint density at radius 3 is 1.59 bits per heavy atom. The van der Waals surface area contributed by atoms with Crippen LogP contribution in [0.4, 0.5) is 17.1 Å². The highest BCUT2D eigenvalue weighted by molar-refractivity contribution is 6.17. The number of aromatic nitrogens is 1. The number of rotatable bonds is 7. The topological polar surface area (TPSA) is 8.17 Å². The summed E-state index contributed by atoms with van der Waals surface area (Å²) in [6, 6.07) is 83.7. The van der Waals surface area contributed by atoms with Gasteiger partial charge >= 0.3 is 0 Å². The predicted molar refractivity (Wildman–Crippen MR) is 247 cm³/mol. The Labute approximate surface area is 338 Å². The van der Waals surface area contributed by atoms with E-state index in [-0.39, 0.29) is 0 Å². The Morgan fingerprint density at radius 2 is 0.793 bits per heavy atom. The second-order valence-electron chi connectivity index (χ2n) is 14.9. The Bertz CT molecular complexity index is 3270. The van der Waals surface area contributed by atoms with Crippen molar-refractivity contribution in [2.24, 2.45) is 0 Å². The smallest absolute Gasteiger partial charge is 0.0547 e. The van der Waals surface area contributed by atoms with Gasteiger partial charge in [-0.2, -0.15) is 0 Å². The van der Waals surface area contributed by atoms with Crippen molar-refractivity contribution in [3.8, 4) is 39.1 Å². The van der Waals surface area contributed by atoms with Gasteiger partial charge in [0.25, 0.3) is 0 Å². The quantitative estimate of drug-likeness (QED) is 0.158. The normalized spacial score (nSPS) is 11.4. The lowest BCUT2D eigenvalue weighted by Gasteiger charge is -2.30. The van der Waals surface area contributed by atoms with Gasteiger partial charge in [-0.05, 0) is 80.9 Å². The molecule has 272 valence electrons. The summed E-state index contributed by atoms with van der Waals surface area (Å²) >= 11 is 0. The Kier molecular flexibility index (Phi) is 8.19. The molecule has 0 spiro atoms. The Balaban J connectivity index is 1.15. The molecular formula is C56H38N2. The van der Waals surface area contributed by atoms with Crippen LogP contribution in [-0.4, -0.2) is 4.57 Å². The van der Waals surface area contributed by atoms with E-state index in [0.717, 1.165) is 22.6 Å². The average molecular weight is 739 g/mol. The third kappa shape index (κ3) is 5.57. The van der Waals surface area contributed by atoms with Crippen molar-refractivity contribution >= 4 is 60.4 Å². The maximum atomic E-state index is 2.45. The van der Waals surface area contributed by atoms with Crippen LogP contribution in [0.25, 0.3) is 82.4 Å². The average Bonchev–Trinajstić information content (AvgIpc) is 3.64. The number of fused-ring (bicyclic) bond motifs is 5. The number of hydrogen-bond donors (Lipinski definition) is 0. The molecule has 0 amide bonds. The SMILES string of the molecule is c1ccc(-c2ccccc2N(c2ccc(-c3cccc4ccccc34)cc2)c2ccccc2-c2cccc3c2c2ccccc2n3-c2cccc3ccccc23)cc1. The minimum absolute atomic E-state index is 1.09. The molecule has 2 nitrogen and oxygen atoms in total. The summed E-state index contributed by atoms with van der Waals surface area (Å²) in [7, 11) is 0. The highest BCUT2D eigenvalue weighted by Gasteiger charge is 2.23. The maximum absolute atomic E-state index is 2.45. The van der Waals surface area contributed by atoms with Crippen molar-refractivity contribution < 1.29 is 0 Å². The van der Waals surface area contributed by atoms with Crippen LogP contribution in [0.15, 0.2) is 231 Å². The van der Waals surface area contributed by atoms with E-state index in [4.69, 9.17) is 0 Å². The van der Waals surface area contributed by atoms with Crippen LogP contribution >= 0.6 is 0 Å². The van der Waals surface area contributed by atoms with E-state index in [1.165, 1.54) is 76.9 Å². The highest BCUT2D eigenvalue weighted by Crippen LogP contribution is 2.48. The molecule has 0 atom stereocenters. The lowest BCUT2D eigenvalue weighted by atomic mass is 9.95. The molecule has 0 N–H and O–H groups in total. The van der Waals surface area contributed by atoms with Gasteiger partial charge in [-0.25, -0.2) is 0 Å². The van der Waals surface area contributed by atoms with Gasteiger partial charge in [-0.15, -0.1) is 0 Å². The second kappa shape index (κ2) is 14.1. The molecule has 0 unspecified atom stereocenters. The number of benzene rings is 10. The fraction of sp³-hybridized carbons (Fsp3) is 0. The van der Waals surface area contributed by atoms with Crippen LogP contribution in [0.3, 0.4) is 0 Å². The van der Waals surface area contributed by atoms with Gasteiger partial charge in [0.1, 0.15) is 0 Å². The van der Waals surface area contributed by atoms with Crippen molar-refractivity contribution in [1.29, 1.82) is 0 Å². The zero-order valence-electron chi connectivity index (χ0n) is 31.8. The van der Waals surface area contributed by atoms with Crippen LogP contribution in [0.5, 0.6) is 0 Å². The minimum Gasteiger partial charge on any atom is -0.309 e. The summed E-state index contributed by atoms with van der Waals surface area (Å²) in [6.45, 7) is 0. The van der Waals surface area contributed by atoms with Crippen molar-refractivity contribution in [2.75, 3.05) is 4.90 Å². The van der Waals surface area contributed by atoms with E-state index in [1.807, 2.05) is 0 Å². The van der Waals surface area contributed by atoms with Crippen LogP contribution in [0, 0.1) is 0 Å². The molecular weight excluding hydrogens is 701 g/mol. The number of para-hydroxylation sites is 3. The second-order valence-corrected chi connectivity index (χ2v) is 14.9. The van der Waals surface area contributed by atoms with Crippen LogP contribution in [0.2, 0.25) is 0 Å².